The van der Waals surface area contributed by atoms with E-state index in [-0.39, 0.29) is 5.91 Å². The van der Waals surface area contributed by atoms with E-state index in [0.29, 0.717) is 27.7 Å². The van der Waals surface area contributed by atoms with Crippen LogP contribution in [0, 0.1) is 0 Å². The average molecular weight is 395 g/mol. The Morgan fingerprint density at radius 2 is 1.96 bits per heavy atom. The number of benzene rings is 2. The van der Waals surface area contributed by atoms with Gasteiger partial charge in [-0.05, 0) is 30.3 Å². The van der Waals surface area contributed by atoms with E-state index < -0.39 is 0 Å². The van der Waals surface area contributed by atoms with E-state index in [9.17, 15) is 4.79 Å². The summed E-state index contributed by atoms with van der Waals surface area (Å²) in [6.45, 7) is 0. The van der Waals surface area contributed by atoms with Crippen molar-refractivity contribution in [1.82, 2.24) is 0 Å². The fraction of sp³-hybridized carbons (Fsp3) is 0.118. The average Bonchev–Trinajstić information content (AvgIpc) is 2.82. The molecule has 0 bridgehead atoms. The Bertz CT molecular complexity index is 833. The van der Waals surface area contributed by atoms with Gasteiger partial charge in [0.2, 0.25) is 0 Å². The molecule has 2 aromatic carbocycles. The third kappa shape index (κ3) is 2.94. The molecule has 1 aliphatic heterocycles. The number of carbonyl (C=O) groups excluding carboxylic acids is 1. The summed E-state index contributed by atoms with van der Waals surface area (Å²) in [5, 5.41) is 3.34. The second-order valence-electron chi connectivity index (χ2n) is 4.93. The van der Waals surface area contributed by atoms with Crippen LogP contribution in [0.2, 0.25) is 5.02 Å². The van der Waals surface area contributed by atoms with E-state index in [0.717, 1.165) is 15.7 Å². The van der Waals surface area contributed by atoms with E-state index in [2.05, 4.69) is 21.2 Å². The van der Waals surface area contributed by atoms with Gasteiger partial charge in [-0.15, -0.1) is 0 Å². The van der Waals surface area contributed by atoms with Crippen LogP contribution in [0.25, 0.3) is 11.6 Å². The lowest BCUT2D eigenvalue weighted by molar-refractivity contribution is -0.110. The third-order valence-electron chi connectivity index (χ3n) is 3.54. The van der Waals surface area contributed by atoms with Crippen molar-refractivity contribution in [1.29, 1.82) is 0 Å². The topological polar surface area (TPSA) is 47.6 Å². The quantitative estimate of drug-likeness (QED) is 0.773. The van der Waals surface area contributed by atoms with Crippen molar-refractivity contribution in [2.75, 3.05) is 19.5 Å². The lowest BCUT2D eigenvalue weighted by Gasteiger charge is -2.11. The maximum absolute atomic E-state index is 12.3. The van der Waals surface area contributed by atoms with Gasteiger partial charge in [-0.25, -0.2) is 0 Å². The summed E-state index contributed by atoms with van der Waals surface area (Å²) in [6, 6.07) is 9.03. The Labute approximate surface area is 147 Å². The van der Waals surface area contributed by atoms with E-state index in [1.807, 2.05) is 18.2 Å². The van der Waals surface area contributed by atoms with Crippen LogP contribution in [-0.4, -0.2) is 20.1 Å². The Kier molecular flexibility index (Phi) is 4.33. The predicted molar refractivity (Wildman–Crippen MR) is 95.2 cm³/mol. The number of amides is 1. The molecule has 2 aromatic rings. The Balaban J connectivity index is 2.18. The molecule has 3 rings (SSSR count). The maximum atomic E-state index is 12.3. The summed E-state index contributed by atoms with van der Waals surface area (Å²) in [4.78, 5) is 12.3. The van der Waals surface area contributed by atoms with Gasteiger partial charge in [-0.2, -0.15) is 0 Å². The van der Waals surface area contributed by atoms with Crippen molar-refractivity contribution in [3.63, 3.8) is 0 Å². The highest BCUT2D eigenvalue weighted by Crippen LogP contribution is 2.39. The number of rotatable bonds is 3. The molecule has 0 fully saturated rings. The molecule has 6 heteroatoms. The van der Waals surface area contributed by atoms with Crippen LogP contribution in [0.4, 0.5) is 5.69 Å². The van der Waals surface area contributed by atoms with Crippen molar-refractivity contribution in [3.05, 3.63) is 51.0 Å². The Morgan fingerprint density at radius 1 is 1.17 bits per heavy atom. The van der Waals surface area contributed by atoms with E-state index in [1.165, 1.54) is 0 Å². The maximum Gasteiger partial charge on any atom is 0.256 e. The smallest absolute Gasteiger partial charge is 0.256 e. The van der Waals surface area contributed by atoms with E-state index in [4.69, 9.17) is 21.1 Å². The second kappa shape index (κ2) is 6.26. The highest BCUT2D eigenvalue weighted by atomic mass is 79.9. The van der Waals surface area contributed by atoms with Gasteiger partial charge >= 0.3 is 0 Å². The molecule has 0 radical (unpaired) electrons. The molecule has 4 nitrogen and oxygen atoms in total. The molecule has 1 aliphatic rings. The summed E-state index contributed by atoms with van der Waals surface area (Å²) >= 11 is 9.56. The van der Waals surface area contributed by atoms with E-state index >= 15 is 0 Å². The van der Waals surface area contributed by atoms with E-state index in [1.54, 1.807) is 32.4 Å². The zero-order chi connectivity index (χ0) is 16.6. The number of ether oxygens (including phenoxy) is 2. The van der Waals surface area contributed by atoms with Crippen molar-refractivity contribution in [2.24, 2.45) is 0 Å². The van der Waals surface area contributed by atoms with Gasteiger partial charge in [0.05, 0.1) is 14.2 Å². The molecule has 0 saturated carbocycles. The molecular weight excluding hydrogens is 382 g/mol. The number of hydrogen-bond donors (Lipinski definition) is 1. The minimum Gasteiger partial charge on any atom is -0.493 e. The third-order valence-corrected chi connectivity index (χ3v) is 4.25. The summed E-state index contributed by atoms with van der Waals surface area (Å²) in [5.41, 5.74) is 2.82. The SMILES string of the molecule is COc1cc(Cl)cc(/C=C2/C(=O)Nc3ccc(Br)cc32)c1OC. The van der Waals surface area contributed by atoms with Crippen molar-refractivity contribution < 1.29 is 14.3 Å². The zero-order valence-corrected chi connectivity index (χ0v) is 14.8. The van der Waals surface area contributed by atoms with Crippen molar-refractivity contribution >= 4 is 50.8 Å². The number of halogens is 2. The molecule has 0 saturated heterocycles. The van der Waals surface area contributed by atoms with Crippen LogP contribution in [0.15, 0.2) is 34.8 Å². The van der Waals surface area contributed by atoms with Crippen LogP contribution >= 0.6 is 27.5 Å². The van der Waals surface area contributed by atoms with Crippen LogP contribution in [0.3, 0.4) is 0 Å². The summed E-state index contributed by atoms with van der Waals surface area (Å²) < 4.78 is 11.6. The van der Waals surface area contributed by atoms with Crippen molar-refractivity contribution in [2.45, 2.75) is 0 Å². The normalized spacial score (nSPS) is 14.6. The van der Waals surface area contributed by atoms with Crippen LogP contribution in [0.5, 0.6) is 11.5 Å². The highest BCUT2D eigenvalue weighted by molar-refractivity contribution is 9.10. The molecule has 0 unspecified atom stereocenters. The first-order valence-electron chi connectivity index (χ1n) is 6.78. The minimum absolute atomic E-state index is 0.168. The largest absolute Gasteiger partial charge is 0.493 e. The van der Waals surface area contributed by atoms with Crippen LogP contribution in [0.1, 0.15) is 11.1 Å². The van der Waals surface area contributed by atoms with Gasteiger partial charge in [0.1, 0.15) is 0 Å². The lowest BCUT2D eigenvalue weighted by atomic mass is 10.0. The number of carbonyl (C=O) groups is 1. The Morgan fingerprint density at radius 3 is 2.65 bits per heavy atom. The molecule has 0 aliphatic carbocycles. The van der Waals surface area contributed by atoms with Gasteiger partial charge in [-0.3, -0.25) is 4.79 Å². The summed E-state index contributed by atoms with van der Waals surface area (Å²) in [6.07, 6.45) is 1.75. The number of methoxy groups -OCH3 is 2. The first-order valence-corrected chi connectivity index (χ1v) is 7.95. The Hall–Kier alpha value is -1.98. The molecule has 0 spiro atoms. The molecule has 23 heavy (non-hydrogen) atoms. The first-order chi connectivity index (χ1) is 11.0. The predicted octanol–water partition coefficient (Wildman–Crippen LogP) is 4.61. The lowest BCUT2D eigenvalue weighted by Crippen LogP contribution is -2.03. The summed E-state index contributed by atoms with van der Waals surface area (Å²) in [7, 11) is 3.09. The fourth-order valence-electron chi connectivity index (χ4n) is 2.53. The van der Waals surface area contributed by atoms with Crippen LogP contribution < -0.4 is 14.8 Å². The van der Waals surface area contributed by atoms with Crippen LogP contribution in [-0.2, 0) is 4.79 Å². The molecule has 0 aromatic heterocycles. The van der Waals surface area contributed by atoms with Crippen molar-refractivity contribution in [3.8, 4) is 11.5 Å². The highest BCUT2D eigenvalue weighted by Gasteiger charge is 2.25. The minimum atomic E-state index is -0.168. The molecule has 118 valence electrons. The zero-order valence-electron chi connectivity index (χ0n) is 12.4. The number of anilines is 1. The van der Waals surface area contributed by atoms with Gasteiger partial charge in [0.15, 0.2) is 11.5 Å². The van der Waals surface area contributed by atoms with Gasteiger partial charge < -0.3 is 14.8 Å². The molecule has 0 atom stereocenters. The number of nitrogens with one attached hydrogen (secondary N) is 1. The summed E-state index contributed by atoms with van der Waals surface area (Å²) in [5.74, 6) is 0.875. The van der Waals surface area contributed by atoms with Gasteiger partial charge in [0, 0.05) is 37.9 Å². The molecule has 1 N–H and O–H groups in total. The number of fused-ring (bicyclic) bond motifs is 1. The second-order valence-corrected chi connectivity index (χ2v) is 6.28. The molecule has 1 heterocycles. The molecular formula is C17H13BrClNO3. The first kappa shape index (κ1) is 15.9. The monoisotopic (exact) mass is 393 g/mol. The van der Waals surface area contributed by atoms with Gasteiger partial charge in [0.25, 0.3) is 5.91 Å². The fourth-order valence-corrected chi connectivity index (χ4v) is 3.10. The number of hydrogen-bond acceptors (Lipinski definition) is 3. The van der Waals surface area contributed by atoms with Gasteiger partial charge in [-0.1, -0.05) is 27.5 Å². The standard InChI is InChI=1S/C17H13BrClNO3/c1-22-15-8-11(19)5-9(16(15)23-2)6-13-12-7-10(18)3-4-14(12)20-17(13)21/h3-8H,1-2H3,(H,20,21)/b13-6+. The molecule has 1 amide bonds.